The van der Waals surface area contributed by atoms with E-state index in [2.05, 4.69) is 16.1 Å². The molecule has 0 saturated carbocycles. The van der Waals surface area contributed by atoms with Crippen LogP contribution in [0.15, 0.2) is 12.2 Å². The maximum atomic E-state index is 14.0. The number of alkyl halides is 13. The van der Waals surface area contributed by atoms with E-state index in [0.29, 0.717) is 0 Å². The molecule has 1 unspecified atom stereocenters. The van der Waals surface area contributed by atoms with Gasteiger partial charge in [-0.25, -0.2) is 9.18 Å². The fraction of sp³-hybridized carbons (Fsp3) is 0.800. The number of carbonyl (C=O) groups is 1. The molecule has 0 amide bonds. The van der Waals surface area contributed by atoms with Gasteiger partial charge >= 0.3 is 51.2 Å². The van der Waals surface area contributed by atoms with E-state index in [1.165, 1.54) is 0 Å². The van der Waals surface area contributed by atoms with Gasteiger partial charge in [-0.2, -0.15) is 61.1 Å². The number of carbonyl (C=O) groups excluding carboxylic acids is 1. The molecular formula is C15H15F13O6S. The highest BCUT2D eigenvalue weighted by Gasteiger charge is 2.89. The molecule has 208 valence electrons. The van der Waals surface area contributed by atoms with Gasteiger partial charge in [0, 0.05) is 12.0 Å². The van der Waals surface area contributed by atoms with Crippen molar-refractivity contribution in [1.82, 2.24) is 0 Å². The van der Waals surface area contributed by atoms with Gasteiger partial charge in [0.05, 0.1) is 19.1 Å². The molecule has 0 aliphatic rings. The van der Waals surface area contributed by atoms with E-state index in [1.54, 1.807) is 0 Å². The van der Waals surface area contributed by atoms with Gasteiger partial charge in [-0.05, 0) is 6.92 Å². The monoisotopic (exact) mass is 570 g/mol. The molecule has 0 heterocycles. The summed E-state index contributed by atoms with van der Waals surface area (Å²) < 4.78 is 209. The topological polar surface area (TPSA) is 89.9 Å². The Kier molecular flexibility index (Phi) is 9.73. The maximum Gasteiger partial charge on any atom is 0.438 e. The first-order valence-corrected chi connectivity index (χ1v) is 9.97. The molecule has 6 nitrogen and oxygen atoms in total. The second-order valence-corrected chi connectivity index (χ2v) is 8.42. The normalized spacial score (nSPS) is 15.6. The van der Waals surface area contributed by atoms with Crippen LogP contribution in [0.5, 0.6) is 0 Å². The zero-order valence-electron chi connectivity index (χ0n) is 16.9. The van der Waals surface area contributed by atoms with Crippen molar-refractivity contribution in [2.75, 3.05) is 13.2 Å². The molecule has 0 aliphatic carbocycles. The number of hydrogen-bond acceptors (Lipinski definition) is 5. The van der Waals surface area contributed by atoms with E-state index in [1.807, 2.05) is 0 Å². The predicted octanol–water partition coefficient (Wildman–Crippen LogP) is 4.86. The summed E-state index contributed by atoms with van der Waals surface area (Å²) in [5, 5.41) is -5.03. The van der Waals surface area contributed by atoms with Crippen LogP contribution in [0.2, 0.25) is 0 Å². The Morgan fingerprint density at radius 3 is 1.69 bits per heavy atom. The van der Waals surface area contributed by atoms with E-state index < -0.39 is 88.9 Å². The molecule has 0 aliphatic heterocycles. The van der Waals surface area contributed by atoms with Crippen molar-refractivity contribution >= 4 is 16.1 Å². The van der Waals surface area contributed by atoms with E-state index in [0.717, 1.165) is 6.92 Å². The van der Waals surface area contributed by atoms with Crippen LogP contribution in [0.25, 0.3) is 0 Å². The number of halogens is 13. The van der Waals surface area contributed by atoms with Crippen LogP contribution in [0.1, 0.15) is 19.8 Å². The first kappa shape index (κ1) is 33.2. The van der Waals surface area contributed by atoms with E-state index in [9.17, 15) is 70.3 Å². The second-order valence-electron chi connectivity index (χ2n) is 6.87. The molecule has 0 aromatic rings. The highest BCUT2D eigenvalue weighted by atomic mass is 32.2. The molecule has 0 bridgehead atoms. The predicted molar refractivity (Wildman–Crippen MR) is 87.1 cm³/mol. The zero-order chi connectivity index (χ0) is 28.5. The van der Waals surface area contributed by atoms with Crippen LogP contribution >= 0.6 is 0 Å². The summed E-state index contributed by atoms with van der Waals surface area (Å²) in [5.41, 5.74) is -8.30. The van der Waals surface area contributed by atoms with Crippen molar-refractivity contribution in [3.05, 3.63) is 12.2 Å². The molecule has 0 radical (unpaired) electrons. The Morgan fingerprint density at radius 2 is 1.34 bits per heavy atom. The smallest absolute Gasteiger partial charge is 0.438 e. The third-order valence-electron chi connectivity index (χ3n) is 4.03. The van der Waals surface area contributed by atoms with Crippen molar-refractivity contribution in [1.29, 1.82) is 0 Å². The van der Waals surface area contributed by atoms with Gasteiger partial charge in [0.1, 0.15) is 6.61 Å². The molecule has 0 aromatic carbocycles. The molecule has 0 fully saturated rings. The van der Waals surface area contributed by atoms with E-state index in [-0.39, 0.29) is 0 Å². The van der Waals surface area contributed by atoms with Gasteiger partial charge in [0.25, 0.3) is 0 Å². The van der Waals surface area contributed by atoms with Gasteiger partial charge in [-0.3, -0.25) is 4.55 Å². The molecule has 0 saturated heterocycles. The van der Waals surface area contributed by atoms with Crippen molar-refractivity contribution in [2.45, 2.75) is 61.0 Å². The molecule has 35 heavy (non-hydrogen) atoms. The van der Waals surface area contributed by atoms with Gasteiger partial charge < -0.3 is 9.47 Å². The third kappa shape index (κ3) is 7.11. The van der Waals surface area contributed by atoms with Crippen molar-refractivity contribution in [2.24, 2.45) is 0 Å². The van der Waals surface area contributed by atoms with E-state index in [4.69, 9.17) is 4.55 Å². The van der Waals surface area contributed by atoms with Crippen LogP contribution in [-0.4, -0.2) is 73.4 Å². The lowest BCUT2D eigenvalue weighted by molar-refractivity contribution is -0.428. The minimum Gasteiger partial charge on any atom is -0.460 e. The highest BCUT2D eigenvalue weighted by molar-refractivity contribution is 7.86. The maximum absolute atomic E-state index is 14.0. The molecule has 1 N–H and O–H groups in total. The van der Waals surface area contributed by atoms with Gasteiger partial charge in [0.15, 0.2) is 0 Å². The Balaban J connectivity index is 6.11. The van der Waals surface area contributed by atoms with Gasteiger partial charge in [0.2, 0.25) is 0 Å². The Hall–Kier alpha value is -1.83. The Bertz CT molecular complexity index is 865. The number of ether oxygens (including phenoxy) is 2. The second kappa shape index (κ2) is 10.3. The summed E-state index contributed by atoms with van der Waals surface area (Å²) in [6, 6.07) is 0. The van der Waals surface area contributed by atoms with Crippen LogP contribution < -0.4 is 0 Å². The molecule has 0 aromatic heterocycles. The fourth-order valence-corrected chi connectivity index (χ4v) is 2.46. The average molecular weight is 570 g/mol. The van der Waals surface area contributed by atoms with Crippen LogP contribution in [0.3, 0.4) is 0 Å². The lowest BCUT2D eigenvalue weighted by Crippen LogP contribution is -2.70. The third-order valence-corrected chi connectivity index (χ3v) is 4.99. The Labute approximate surface area is 187 Å². The summed E-state index contributed by atoms with van der Waals surface area (Å²) in [6.07, 6.45) is -23.2. The minimum atomic E-state index is -7.80. The summed E-state index contributed by atoms with van der Waals surface area (Å²) in [6.45, 7) is 0.443. The van der Waals surface area contributed by atoms with Crippen molar-refractivity contribution < 1.29 is 84.3 Å². The van der Waals surface area contributed by atoms with Crippen LogP contribution in [0.4, 0.5) is 57.1 Å². The number of esters is 1. The first-order valence-electron chi connectivity index (χ1n) is 8.53. The SMILES string of the molecule is C=C(C)C(=O)OCC(CC(F)(F)C(F)(F)C(F)(C(F)(F)F)C(F)(F)F)OCCC(F)(F)S(=O)(=O)O. The summed E-state index contributed by atoms with van der Waals surface area (Å²) in [7, 11) is -6.13. The van der Waals surface area contributed by atoms with Crippen LogP contribution in [0, 0.1) is 0 Å². The van der Waals surface area contributed by atoms with Gasteiger partial charge in [-0.1, -0.05) is 6.58 Å². The summed E-state index contributed by atoms with van der Waals surface area (Å²) in [4.78, 5) is 11.3. The largest absolute Gasteiger partial charge is 0.460 e. The molecule has 1 atom stereocenters. The van der Waals surface area contributed by atoms with Crippen LogP contribution in [-0.2, 0) is 24.4 Å². The lowest BCUT2D eigenvalue weighted by atomic mass is 9.88. The molecule has 20 heteroatoms. The average Bonchev–Trinajstić information content (AvgIpc) is 2.61. The van der Waals surface area contributed by atoms with Crippen molar-refractivity contribution in [3.63, 3.8) is 0 Å². The quantitative estimate of drug-likeness (QED) is 0.156. The molecule has 0 rings (SSSR count). The van der Waals surface area contributed by atoms with Crippen molar-refractivity contribution in [3.8, 4) is 0 Å². The number of hydrogen-bond donors (Lipinski definition) is 1. The fourth-order valence-electron chi connectivity index (χ4n) is 2.11. The molecule has 0 spiro atoms. The minimum absolute atomic E-state index is 0.504. The first-order chi connectivity index (χ1) is 15.2. The Morgan fingerprint density at radius 1 is 0.914 bits per heavy atom. The van der Waals surface area contributed by atoms with E-state index >= 15 is 0 Å². The molecular weight excluding hydrogens is 555 g/mol. The lowest BCUT2D eigenvalue weighted by Gasteiger charge is -2.40. The highest BCUT2D eigenvalue weighted by Crippen LogP contribution is 2.60. The number of rotatable bonds is 12. The summed E-state index contributed by atoms with van der Waals surface area (Å²) >= 11 is 0. The van der Waals surface area contributed by atoms with Gasteiger partial charge in [-0.15, -0.1) is 0 Å². The summed E-state index contributed by atoms with van der Waals surface area (Å²) in [5.74, 6) is -15.7. The zero-order valence-corrected chi connectivity index (χ0v) is 17.7. The standard InChI is InChI=1S/C15H15F13O6S/c1-7(2)9(29)34-6-8(33-4-3-11(18,19)35(30,31)32)5-10(16,17)13(21,22)12(20,14(23,24)25)15(26,27)28/h8H,1,3-6H2,2H3,(H,30,31,32).